The molecular weight excluding hydrogens is 294 g/mol. The minimum absolute atomic E-state index is 0.0301. The fraction of sp³-hybridized carbons (Fsp3) is 0.529. The lowest BCUT2D eigenvalue weighted by atomic mass is 10.1. The number of amides is 1. The molecule has 0 bridgehead atoms. The lowest BCUT2D eigenvalue weighted by Gasteiger charge is -2.20. The zero-order valence-electron chi connectivity index (χ0n) is 13.7. The second kappa shape index (κ2) is 6.68. The van der Waals surface area contributed by atoms with Crippen LogP contribution in [0.1, 0.15) is 23.2 Å². The highest BCUT2D eigenvalue weighted by molar-refractivity contribution is 6.00. The number of benzene rings is 1. The topological polar surface area (TPSA) is 61.9 Å². The number of carbonyl (C=O) groups is 2. The van der Waals surface area contributed by atoms with Crippen LogP contribution in [0.5, 0.6) is 5.75 Å². The number of likely N-dealkylation sites (tertiary alicyclic amines) is 1. The van der Waals surface area contributed by atoms with E-state index < -0.39 is 0 Å². The smallest absolute Gasteiger partial charge is 0.262 e. The maximum Gasteiger partial charge on any atom is 0.262 e. The molecule has 3 rings (SSSR count). The van der Waals surface area contributed by atoms with Crippen LogP contribution in [0.4, 0.5) is 5.69 Å². The van der Waals surface area contributed by atoms with E-state index in [-0.39, 0.29) is 18.3 Å². The summed E-state index contributed by atoms with van der Waals surface area (Å²) < 4.78 is 5.31. The average molecular weight is 317 g/mol. The highest BCUT2D eigenvalue weighted by atomic mass is 16.5. The Morgan fingerprint density at radius 3 is 3.00 bits per heavy atom. The maximum absolute atomic E-state index is 12.4. The molecule has 2 aliphatic rings. The van der Waals surface area contributed by atoms with Gasteiger partial charge in [0, 0.05) is 31.1 Å². The average Bonchev–Trinajstić information content (AvgIpc) is 3.01. The van der Waals surface area contributed by atoms with E-state index in [0.29, 0.717) is 29.5 Å². The van der Waals surface area contributed by atoms with Crippen LogP contribution >= 0.6 is 0 Å². The number of ether oxygens (including phenoxy) is 1. The molecule has 1 saturated heterocycles. The minimum atomic E-state index is -0.186. The highest BCUT2D eigenvalue weighted by Gasteiger charge is 2.24. The fourth-order valence-electron chi connectivity index (χ4n) is 3.10. The number of likely N-dealkylation sites (N-methyl/N-ethyl adjacent to an activating group) is 1. The van der Waals surface area contributed by atoms with Gasteiger partial charge < -0.3 is 19.9 Å². The largest absolute Gasteiger partial charge is 0.482 e. The molecule has 1 aromatic carbocycles. The van der Waals surface area contributed by atoms with Gasteiger partial charge in [-0.05, 0) is 45.3 Å². The van der Waals surface area contributed by atoms with E-state index in [1.807, 2.05) is 0 Å². The number of rotatable bonds is 5. The molecule has 6 nitrogen and oxygen atoms in total. The number of Topliss-reactive ketones (excluding diaryl/α,β-unsaturated/α-hetero) is 1. The Hall–Kier alpha value is -1.92. The third kappa shape index (κ3) is 3.71. The number of carbonyl (C=O) groups excluding carboxylic acids is 2. The monoisotopic (exact) mass is 317 g/mol. The zero-order chi connectivity index (χ0) is 16.4. The first-order valence-electron chi connectivity index (χ1n) is 8.01. The van der Waals surface area contributed by atoms with Gasteiger partial charge >= 0.3 is 0 Å². The Labute approximate surface area is 136 Å². The molecule has 1 fully saturated rings. The van der Waals surface area contributed by atoms with Gasteiger partial charge in [-0.2, -0.15) is 0 Å². The summed E-state index contributed by atoms with van der Waals surface area (Å²) in [6.07, 6.45) is 1.65. The molecule has 1 unspecified atom stereocenters. The molecule has 0 radical (unpaired) electrons. The van der Waals surface area contributed by atoms with Crippen LogP contribution in [-0.4, -0.2) is 67.9 Å². The molecule has 2 aliphatic heterocycles. The van der Waals surface area contributed by atoms with Crippen molar-refractivity contribution in [1.29, 1.82) is 0 Å². The molecule has 1 N–H and O–H groups in total. The summed E-state index contributed by atoms with van der Waals surface area (Å²) in [5.41, 5.74) is 1.21. The van der Waals surface area contributed by atoms with Crippen molar-refractivity contribution in [3.05, 3.63) is 23.8 Å². The normalized spacial score (nSPS) is 21.0. The van der Waals surface area contributed by atoms with E-state index in [0.717, 1.165) is 26.1 Å². The predicted octanol–water partition coefficient (Wildman–Crippen LogP) is 1.23. The van der Waals surface area contributed by atoms with Crippen molar-refractivity contribution in [2.75, 3.05) is 45.7 Å². The lowest BCUT2D eigenvalue weighted by Crippen LogP contribution is -2.32. The van der Waals surface area contributed by atoms with E-state index in [1.165, 1.54) is 0 Å². The van der Waals surface area contributed by atoms with Crippen LogP contribution in [0.3, 0.4) is 0 Å². The molecule has 23 heavy (non-hydrogen) atoms. The van der Waals surface area contributed by atoms with Crippen molar-refractivity contribution in [1.82, 2.24) is 9.80 Å². The molecule has 124 valence electrons. The van der Waals surface area contributed by atoms with E-state index in [9.17, 15) is 9.59 Å². The van der Waals surface area contributed by atoms with Gasteiger partial charge in [-0.15, -0.1) is 0 Å². The molecule has 6 heteroatoms. The predicted molar refractivity (Wildman–Crippen MR) is 88.0 cm³/mol. The van der Waals surface area contributed by atoms with Gasteiger partial charge in [0.1, 0.15) is 5.75 Å². The summed E-state index contributed by atoms with van der Waals surface area (Å²) in [4.78, 5) is 28.3. The van der Waals surface area contributed by atoms with Gasteiger partial charge in [0.2, 0.25) is 0 Å². The Balaban J connectivity index is 1.57. The van der Waals surface area contributed by atoms with Gasteiger partial charge in [-0.1, -0.05) is 0 Å². The van der Waals surface area contributed by atoms with Crippen LogP contribution in [0, 0.1) is 0 Å². The Kier molecular flexibility index (Phi) is 4.63. The van der Waals surface area contributed by atoms with E-state index in [4.69, 9.17) is 4.74 Å². The van der Waals surface area contributed by atoms with Gasteiger partial charge in [0.15, 0.2) is 12.4 Å². The molecule has 0 aliphatic carbocycles. The first-order chi connectivity index (χ1) is 11.0. The third-order valence-corrected chi connectivity index (χ3v) is 4.57. The van der Waals surface area contributed by atoms with Gasteiger partial charge in [-0.3, -0.25) is 9.59 Å². The van der Waals surface area contributed by atoms with Crippen molar-refractivity contribution in [2.45, 2.75) is 18.9 Å². The molecule has 1 aromatic rings. The first-order valence-corrected chi connectivity index (χ1v) is 8.01. The lowest BCUT2D eigenvalue weighted by molar-refractivity contribution is -0.118. The molecule has 0 aromatic heterocycles. The standard InChI is InChI=1S/C17H23N3O3/c1-19(2)13-5-7-20(10-13)8-6-15(21)12-3-4-16-14(9-12)18-17(22)11-23-16/h3-4,9,13H,5-8,10-11H2,1-2H3,(H,18,22). The minimum Gasteiger partial charge on any atom is -0.482 e. The first kappa shape index (κ1) is 16.0. The molecule has 0 saturated carbocycles. The van der Waals surface area contributed by atoms with Crippen molar-refractivity contribution < 1.29 is 14.3 Å². The van der Waals surface area contributed by atoms with Crippen molar-refractivity contribution in [3.8, 4) is 5.75 Å². The van der Waals surface area contributed by atoms with Gasteiger partial charge in [0.25, 0.3) is 5.91 Å². The molecule has 2 heterocycles. The fourth-order valence-corrected chi connectivity index (χ4v) is 3.10. The van der Waals surface area contributed by atoms with Crippen molar-refractivity contribution in [3.63, 3.8) is 0 Å². The van der Waals surface area contributed by atoms with Crippen LogP contribution in [0.15, 0.2) is 18.2 Å². The number of ketones is 1. The Morgan fingerprint density at radius 1 is 1.43 bits per heavy atom. The Bertz CT molecular complexity index is 615. The summed E-state index contributed by atoms with van der Waals surface area (Å²) >= 11 is 0. The van der Waals surface area contributed by atoms with Crippen LogP contribution in [0.25, 0.3) is 0 Å². The number of anilines is 1. The molecular formula is C17H23N3O3. The zero-order valence-corrected chi connectivity index (χ0v) is 13.7. The summed E-state index contributed by atoms with van der Waals surface area (Å²) in [5, 5.41) is 2.74. The molecule has 1 amide bonds. The summed E-state index contributed by atoms with van der Waals surface area (Å²) in [5.74, 6) is 0.532. The van der Waals surface area contributed by atoms with E-state index in [1.54, 1.807) is 18.2 Å². The van der Waals surface area contributed by atoms with Gasteiger partial charge in [0.05, 0.1) is 5.69 Å². The number of fused-ring (bicyclic) bond motifs is 1. The van der Waals surface area contributed by atoms with E-state index >= 15 is 0 Å². The number of nitrogens with zero attached hydrogens (tertiary/aromatic N) is 2. The third-order valence-electron chi connectivity index (χ3n) is 4.57. The quantitative estimate of drug-likeness (QED) is 0.828. The summed E-state index contributed by atoms with van der Waals surface area (Å²) in [6, 6.07) is 5.81. The number of hydrogen-bond donors (Lipinski definition) is 1. The summed E-state index contributed by atoms with van der Waals surface area (Å²) in [7, 11) is 4.20. The molecule has 0 spiro atoms. The van der Waals surface area contributed by atoms with Gasteiger partial charge in [-0.25, -0.2) is 0 Å². The van der Waals surface area contributed by atoms with Crippen LogP contribution in [-0.2, 0) is 4.79 Å². The summed E-state index contributed by atoms with van der Waals surface area (Å²) in [6.45, 7) is 2.88. The van der Waals surface area contributed by atoms with E-state index in [2.05, 4.69) is 29.2 Å². The second-order valence-electron chi connectivity index (χ2n) is 6.43. The number of hydrogen-bond acceptors (Lipinski definition) is 5. The van der Waals surface area contributed by atoms with Crippen LogP contribution < -0.4 is 10.1 Å². The highest BCUT2D eigenvalue weighted by Crippen LogP contribution is 2.28. The maximum atomic E-state index is 12.4. The van der Waals surface area contributed by atoms with Crippen LogP contribution in [0.2, 0.25) is 0 Å². The number of nitrogens with one attached hydrogen (secondary N) is 1. The Morgan fingerprint density at radius 2 is 2.26 bits per heavy atom. The van der Waals surface area contributed by atoms with Crippen molar-refractivity contribution >= 4 is 17.4 Å². The molecule has 1 atom stereocenters. The second-order valence-corrected chi connectivity index (χ2v) is 6.43. The van der Waals surface area contributed by atoms with Crippen molar-refractivity contribution in [2.24, 2.45) is 0 Å². The SMILES string of the molecule is CN(C)C1CCN(CCC(=O)c2ccc3c(c2)NC(=O)CO3)C1.